The minimum Gasteiger partial charge on any atom is -0.480 e. The molecule has 1 amide bonds. The van der Waals surface area contributed by atoms with E-state index < -0.39 is 17.9 Å². The molecule has 6 nitrogen and oxygen atoms in total. The number of amides is 1. The van der Waals surface area contributed by atoms with Crippen LogP contribution in [0.15, 0.2) is 0 Å². The first-order chi connectivity index (χ1) is 6.47. The van der Waals surface area contributed by atoms with Crippen LogP contribution in [0, 0.1) is 0 Å². The van der Waals surface area contributed by atoms with Crippen LogP contribution >= 0.6 is 0 Å². The van der Waals surface area contributed by atoms with Gasteiger partial charge in [0.25, 0.3) is 0 Å². The smallest absolute Gasteiger partial charge is 0.327 e. The summed E-state index contributed by atoms with van der Waals surface area (Å²) in [5.74, 6) is -1.49. The Morgan fingerprint density at radius 3 is 2.36 bits per heavy atom. The van der Waals surface area contributed by atoms with E-state index in [9.17, 15) is 9.59 Å². The van der Waals surface area contributed by atoms with E-state index in [1.807, 2.05) is 0 Å². The van der Waals surface area contributed by atoms with Gasteiger partial charge in [0.15, 0.2) is 0 Å². The van der Waals surface area contributed by atoms with Gasteiger partial charge in [0, 0.05) is 19.5 Å². The first kappa shape index (κ1) is 12.9. The van der Waals surface area contributed by atoms with Crippen LogP contribution in [-0.2, 0) is 9.59 Å². The van der Waals surface area contributed by atoms with Gasteiger partial charge >= 0.3 is 5.97 Å². The summed E-state index contributed by atoms with van der Waals surface area (Å²) < 4.78 is 0. The predicted molar refractivity (Wildman–Crippen MR) is 49.8 cm³/mol. The van der Waals surface area contributed by atoms with Crippen molar-refractivity contribution in [1.82, 2.24) is 10.6 Å². The summed E-state index contributed by atoms with van der Waals surface area (Å²) in [6.45, 7) is 2.99. The second-order valence-electron chi connectivity index (χ2n) is 3.08. The maximum Gasteiger partial charge on any atom is 0.327 e. The summed E-state index contributed by atoms with van der Waals surface area (Å²) in [6.07, 6.45) is 0. The molecule has 82 valence electrons. The Kier molecular flexibility index (Phi) is 5.82. The molecule has 0 fully saturated rings. The zero-order valence-electron chi connectivity index (χ0n) is 8.28. The van der Waals surface area contributed by atoms with E-state index in [0.717, 1.165) is 0 Å². The van der Waals surface area contributed by atoms with Gasteiger partial charge < -0.3 is 20.8 Å². The standard InChI is InChI=1S/C8H16N2O4/c1-5(4-11)9-3-7(8(13)14)10-6(2)12/h5,7,9,11H,3-4H2,1-2H3,(H,10,12)(H,13,14). The fourth-order valence-corrected chi connectivity index (χ4v) is 0.829. The average molecular weight is 204 g/mol. The molecule has 0 rings (SSSR count). The molecule has 0 aliphatic heterocycles. The minimum absolute atomic E-state index is 0.0770. The Morgan fingerprint density at radius 1 is 1.43 bits per heavy atom. The van der Waals surface area contributed by atoms with Crippen molar-refractivity contribution in [3.8, 4) is 0 Å². The number of hydrogen-bond acceptors (Lipinski definition) is 4. The number of rotatable bonds is 6. The zero-order valence-corrected chi connectivity index (χ0v) is 8.28. The van der Waals surface area contributed by atoms with Gasteiger partial charge in [0.1, 0.15) is 6.04 Å². The summed E-state index contributed by atoms with van der Waals surface area (Å²) in [6, 6.07) is -1.15. The van der Waals surface area contributed by atoms with Gasteiger partial charge in [-0.25, -0.2) is 4.79 Å². The van der Waals surface area contributed by atoms with Crippen molar-refractivity contribution in [2.24, 2.45) is 0 Å². The lowest BCUT2D eigenvalue weighted by Crippen LogP contribution is -2.48. The van der Waals surface area contributed by atoms with Crippen molar-refractivity contribution >= 4 is 11.9 Å². The maximum atomic E-state index is 10.6. The molecule has 14 heavy (non-hydrogen) atoms. The van der Waals surface area contributed by atoms with Gasteiger partial charge in [-0.2, -0.15) is 0 Å². The highest BCUT2D eigenvalue weighted by molar-refractivity contribution is 5.82. The molecular formula is C8H16N2O4. The first-order valence-electron chi connectivity index (χ1n) is 4.31. The third-order valence-corrected chi connectivity index (χ3v) is 1.62. The summed E-state index contributed by atoms with van der Waals surface area (Å²) in [4.78, 5) is 21.2. The molecule has 2 unspecified atom stereocenters. The van der Waals surface area contributed by atoms with Crippen LogP contribution in [0.3, 0.4) is 0 Å². The van der Waals surface area contributed by atoms with Crippen molar-refractivity contribution in [2.75, 3.05) is 13.2 Å². The minimum atomic E-state index is -1.10. The van der Waals surface area contributed by atoms with Crippen molar-refractivity contribution in [2.45, 2.75) is 25.9 Å². The van der Waals surface area contributed by atoms with Crippen LogP contribution < -0.4 is 10.6 Å². The third kappa shape index (κ3) is 5.50. The highest BCUT2D eigenvalue weighted by atomic mass is 16.4. The molecule has 0 aromatic rings. The van der Waals surface area contributed by atoms with E-state index in [1.54, 1.807) is 6.92 Å². The number of aliphatic hydroxyl groups is 1. The maximum absolute atomic E-state index is 10.6. The molecule has 0 saturated carbocycles. The molecule has 0 spiro atoms. The van der Waals surface area contributed by atoms with Gasteiger partial charge in [-0.1, -0.05) is 0 Å². The normalized spacial score (nSPS) is 14.5. The Labute approximate surface area is 82.3 Å². The molecular weight excluding hydrogens is 188 g/mol. The van der Waals surface area contributed by atoms with E-state index in [1.165, 1.54) is 6.92 Å². The van der Waals surface area contributed by atoms with Gasteiger partial charge in [0.2, 0.25) is 5.91 Å². The Bertz CT molecular complexity index is 208. The Balaban J connectivity index is 3.97. The van der Waals surface area contributed by atoms with Crippen molar-refractivity contribution in [3.05, 3.63) is 0 Å². The molecule has 0 aromatic carbocycles. The van der Waals surface area contributed by atoms with Crippen LogP contribution in [0.1, 0.15) is 13.8 Å². The predicted octanol–water partition coefficient (Wildman–Crippen LogP) is -1.45. The number of carboxylic acid groups (broad SMARTS) is 1. The SMILES string of the molecule is CC(=O)NC(CNC(C)CO)C(=O)O. The van der Waals surface area contributed by atoms with Crippen LogP contribution in [0.25, 0.3) is 0 Å². The summed E-state index contributed by atoms with van der Waals surface area (Å²) >= 11 is 0. The lowest BCUT2D eigenvalue weighted by molar-refractivity contribution is -0.141. The quantitative estimate of drug-likeness (QED) is 0.424. The van der Waals surface area contributed by atoms with Gasteiger partial charge in [0.05, 0.1) is 6.61 Å². The number of aliphatic carboxylic acids is 1. The van der Waals surface area contributed by atoms with Crippen LogP contribution in [-0.4, -0.2) is 47.3 Å². The van der Waals surface area contributed by atoms with Gasteiger partial charge in [-0.3, -0.25) is 4.79 Å². The monoisotopic (exact) mass is 204 g/mol. The zero-order chi connectivity index (χ0) is 11.1. The molecule has 0 aromatic heterocycles. The lowest BCUT2D eigenvalue weighted by Gasteiger charge is -2.16. The Morgan fingerprint density at radius 2 is 2.00 bits per heavy atom. The molecule has 6 heteroatoms. The average Bonchev–Trinajstić information content (AvgIpc) is 2.10. The third-order valence-electron chi connectivity index (χ3n) is 1.62. The van der Waals surface area contributed by atoms with Crippen molar-refractivity contribution in [3.63, 3.8) is 0 Å². The van der Waals surface area contributed by atoms with Crippen LogP contribution in [0.4, 0.5) is 0 Å². The molecule has 4 N–H and O–H groups in total. The number of carbonyl (C=O) groups is 2. The summed E-state index contributed by atoms with van der Waals surface area (Å²) in [5.41, 5.74) is 0. The Hall–Kier alpha value is -1.14. The van der Waals surface area contributed by atoms with Crippen LogP contribution in [0.2, 0.25) is 0 Å². The van der Waals surface area contributed by atoms with E-state index in [-0.39, 0.29) is 19.2 Å². The van der Waals surface area contributed by atoms with Crippen molar-refractivity contribution < 1.29 is 19.8 Å². The van der Waals surface area contributed by atoms with E-state index in [0.29, 0.717) is 0 Å². The molecule has 0 radical (unpaired) electrons. The fraction of sp³-hybridized carbons (Fsp3) is 0.750. The molecule has 0 aliphatic rings. The van der Waals surface area contributed by atoms with Crippen molar-refractivity contribution in [1.29, 1.82) is 0 Å². The molecule has 0 aliphatic carbocycles. The topological polar surface area (TPSA) is 98.7 Å². The highest BCUT2D eigenvalue weighted by Gasteiger charge is 2.18. The van der Waals surface area contributed by atoms with E-state index >= 15 is 0 Å². The van der Waals surface area contributed by atoms with Gasteiger partial charge in [-0.05, 0) is 6.92 Å². The molecule has 0 saturated heterocycles. The van der Waals surface area contributed by atoms with E-state index in [2.05, 4.69) is 10.6 Å². The largest absolute Gasteiger partial charge is 0.480 e. The van der Waals surface area contributed by atoms with Gasteiger partial charge in [-0.15, -0.1) is 0 Å². The summed E-state index contributed by atoms with van der Waals surface area (Å²) in [5, 5.41) is 22.4. The van der Waals surface area contributed by atoms with E-state index in [4.69, 9.17) is 10.2 Å². The number of hydrogen-bond donors (Lipinski definition) is 4. The molecule has 0 bridgehead atoms. The highest BCUT2D eigenvalue weighted by Crippen LogP contribution is 1.85. The summed E-state index contributed by atoms with van der Waals surface area (Å²) in [7, 11) is 0. The molecule has 2 atom stereocenters. The fourth-order valence-electron chi connectivity index (χ4n) is 0.829. The number of aliphatic hydroxyl groups excluding tert-OH is 1. The second kappa shape index (κ2) is 6.33. The number of carbonyl (C=O) groups excluding carboxylic acids is 1. The number of carboxylic acids is 1. The first-order valence-corrected chi connectivity index (χ1v) is 4.31. The van der Waals surface area contributed by atoms with Crippen LogP contribution in [0.5, 0.6) is 0 Å². The number of nitrogens with one attached hydrogen (secondary N) is 2. The molecule has 0 heterocycles. The second-order valence-corrected chi connectivity index (χ2v) is 3.08. The lowest BCUT2D eigenvalue weighted by atomic mass is 10.2.